The third kappa shape index (κ3) is 2.28. The molecule has 17 heavy (non-hydrogen) atoms. The van der Waals surface area contributed by atoms with E-state index in [0.29, 0.717) is 16.0 Å². The summed E-state index contributed by atoms with van der Waals surface area (Å²) in [4.78, 5) is 15.2. The Morgan fingerprint density at radius 3 is 2.94 bits per heavy atom. The van der Waals surface area contributed by atoms with Crippen LogP contribution in [-0.4, -0.2) is 27.8 Å². The van der Waals surface area contributed by atoms with Gasteiger partial charge in [0.05, 0.1) is 17.3 Å². The first-order chi connectivity index (χ1) is 8.11. The molecule has 88 valence electrons. The molecule has 0 bridgehead atoms. The van der Waals surface area contributed by atoms with Crippen LogP contribution in [0.3, 0.4) is 0 Å². The van der Waals surface area contributed by atoms with E-state index >= 15 is 0 Å². The molecule has 2 rings (SSSR count). The van der Waals surface area contributed by atoms with Crippen molar-refractivity contribution in [1.29, 1.82) is 0 Å². The molecule has 0 aliphatic carbocycles. The number of anilines is 1. The van der Waals surface area contributed by atoms with E-state index in [9.17, 15) is 4.79 Å². The molecule has 0 aromatic carbocycles. The van der Waals surface area contributed by atoms with Crippen LogP contribution >= 0.6 is 15.9 Å². The van der Waals surface area contributed by atoms with Crippen molar-refractivity contribution in [3.05, 3.63) is 34.7 Å². The zero-order valence-electron chi connectivity index (χ0n) is 8.92. The number of hydrogen-bond acceptors (Lipinski definition) is 5. The van der Waals surface area contributed by atoms with Crippen LogP contribution in [0.4, 0.5) is 5.82 Å². The molecule has 6 nitrogen and oxygen atoms in total. The Bertz CT molecular complexity index is 548. The molecule has 0 atom stereocenters. The lowest BCUT2D eigenvalue weighted by atomic mass is 10.3. The monoisotopic (exact) mass is 296 g/mol. The topological polar surface area (TPSA) is 83.0 Å². The SMILES string of the molecule is COC(=O)c1cc(-n2cc(Br)c(N)n2)ccn1. The normalized spacial score (nSPS) is 10.2. The number of carbonyl (C=O) groups is 1. The van der Waals surface area contributed by atoms with Gasteiger partial charge in [-0.25, -0.2) is 14.5 Å². The van der Waals surface area contributed by atoms with E-state index < -0.39 is 5.97 Å². The number of nitrogens with zero attached hydrogens (tertiary/aromatic N) is 3. The van der Waals surface area contributed by atoms with Crippen LogP contribution in [-0.2, 0) is 4.74 Å². The second kappa shape index (κ2) is 4.54. The Morgan fingerprint density at radius 1 is 1.59 bits per heavy atom. The zero-order chi connectivity index (χ0) is 12.4. The summed E-state index contributed by atoms with van der Waals surface area (Å²) in [5.41, 5.74) is 6.51. The van der Waals surface area contributed by atoms with Gasteiger partial charge < -0.3 is 10.5 Å². The summed E-state index contributed by atoms with van der Waals surface area (Å²) in [7, 11) is 1.30. The average molecular weight is 297 g/mol. The first-order valence-electron chi connectivity index (χ1n) is 4.67. The highest BCUT2D eigenvalue weighted by Gasteiger charge is 2.10. The van der Waals surface area contributed by atoms with Gasteiger partial charge in [0, 0.05) is 12.4 Å². The smallest absolute Gasteiger partial charge is 0.356 e. The molecule has 7 heteroatoms. The summed E-state index contributed by atoms with van der Waals surface area (Å²) in [6, 6.07) is 3.29. The fourth-order valence-corrected chi connectivity index (χ4v) is 1.55. The molecular weight excluding hydrogens is 288 g/mol. The molecule has 2 aromatic heterocycles. The Labute approximate surface area is 106 Å². The number of esters is 1. The van der Waals surface area contributed by atoms with Crippen LogP contribution in [0.1, 0.15) is 10.5 Å². The van der Waals surface area contributed by atoms with Crippen molar-refractivity contribution < 1.29 is 9.53 Å². The molecule has 0 spiro atoms. The lowest BCUT2D eigenvalue weighted by Crippen LogP contribution is -2.06. The van der Waals surface area contributed by atoms with Crippen LogP contribution in [0.25, 0.3) is 5.69 Å². The van der Waals surface area contributed by atoms with E-state index in [0.717, 1.165) is 0 Å². The zero-order valence-corrected chi connectivity index (χ0v) is 10.5. The van der Waals surface area contributed by atoms with Gasteiger partial charge in [-0.1, -0.05) is 0 Å². The fraction of sp³-hybridized carbons (Fsp3) is 0.100. The maximum Gasteiger partial charge on any atom is 0.356 e. The van der Waals surface area contributed by atoms with Crippen molar-refractivity contribution in [1.82, 2.24) is 14.8 Å². The van der Waals surface area contributed by atoms with Crippen molar-refractivity contribution in [3.8, 4) is 5.69 Å². The molecule has 0 amide bonds. The molecule has 0 unspecified atom stereocenters. The Hall–Kier alpha value is -1.89. The number of hydrogen-bond donors (Lipinski definition) is 1. The first kappa shape index (κ1) is 11.6. The van der Waals surface area contributed by atoms with E-state index in [-0.39, 0.29) is 5.69 Å². The minimum absolute atomic E-state index is 0.218. The second-order valence-electron chi connectivity index (χ2n) is 3.20. The van der Waals surface area contributed by atoms with Crippen LogP contribution in [0.2, 0.25) is 0 Å². The van der Waals surface area contributed by atoms with Crippen molar-refractivity contribution in [2.24, 2.45) is 0 Å². The highest BCUT2D eigenvalue weighted by atomic mass is 79.9. The second-order valence-corrected chi connectivity index (χ2v) is 4.05. The molecule has 0 saturated carbocycles. The minimum atomic E-state index is -0.494. The van der Waals surface area contributed by atoms with Gasteiger partial charge in [0.15, 0.2) is 5.82 Å². The number of carbonyl (C=O) groups excluding carboxylic acids is 1. The van der Waals surface area contributed by atoms with Gasteiger partial charge in [-0.15, -0.1) is 5.10 Å². The molecule has 0 saturated heterocycles. The number of nitrogen functional groups attached to an aromatic ring is 1. The van der Waals surface area contributed by atoms with Crippen molar-refractivity contribution in [2.75, 3.05) is 12.8 Å². The summed E-state index contributed by atoms with van der Waals surface area (Å²) in [6.07, 6.45) is 3.21. The molecule has 0 aliphatic rings. The summed E-state index contributed by atoms with van der Waals surface area (Å²) in [6.45, 7) is 0. The van der Waals surface area contributed by atoms with Gasteiger partial charge in [-0.05, 0) is 28.1 Å². The van der Waals surface area contributed by atoms with Crippen LogP contribution in [0.15, 0.2) is 29.0 Å². The van der Waals surface area contributed by atoms with Crippen molar-refractivity contribution >= 4 is 27.7 Å². The Morgan fingerprint density at radius 2 is 2.35 bits per heavy atom. The molecule has 0 radical (unpaired) electrons. The molecule has 2 N–H and O–H groups in total. The number of ether oxygens (including phenoxy) is 1. The van der Waals surface area contributed by atoms with Gasteiger partial charge in [-0.2, -0.15) is 0 Å². The number of nitrogens with two attached hydrogens (primary N) is 1. The number of pyridine rings is 1. The van der Waals surface area contributed by atoms with Crippen molar-refractivity contribution in [2.45, 2.75) is 0 Å². The Kier molecular flexibility index (Phi) is 3.10. The van der Waals surface area contributed by atoms with E-state index in [1.54, 1.807) is 23.0 Å². The first-order valence-corrected chi connectivity index (χ1v) is 5.46. The van der Waals surface area contributed by atoms with E-state index in [1.807, 2.05) is 0 Å². The van der Waals surface area contributed by atoms with Crippen molar-refractivity contribution in [3.63, 3.8) is 0 Å². The fourth-order valence-electron chi connectivity index (χ4n) is 1.28. The predicted molar refractivity (Wildman–Crippen MR) is 64.8 cm³/mol. The molecule has 2 aromatic rings. The lowest BCUT2D eigenvalue weighted by Gasteiger charge is -2.02. The number of aromatic nitrogens is 3. The van der Waals surface area contributed by atoms with Crippen LogP contribution in [0.5, 0.6) is 0 Å². The summed E-state index contributed by atoms with van der Waals surface area (Å²) < 4.78 is 6.83. The number of halogens is 1. The van der Waals surface area contributed by atoms with Gasteiger partial charge in [0.25, 0.3) is 0 Å². The quantitative estimate of drug-likeness (QED) is 0.847. The van der Waals surface area contributed by atoms with Crippen LogP contribution in [0, 0.1) is 0 Å². The molecule has 2 heterocycles. The largest absolute Gasteiger partial charge is 0.464 e. The van der Waals surface area contributed by atoms with Gasteiger partial charge in [0.2, 0.25) is 0 Å². The maximum absolute atomic E-state index is 11.3. The maximum atomic E-state index is 11.3. The predicted octanol–water partition coefficient (Wildman–Crippen LogP) is 1.40. The lowest BCUT2D eigenvalue weighted by molar-refractivity contribution is 0.0594. The third-order valence-electron chi connectivity index (χ3n) is 2.10. The number of rotatable bonds is 2. The minimum Gasteiger partial charge on any atom is -0.464 e. The molecular formula is C10H9BrN4O2. The summed E-state index contributed by atoms with van der Waals surface area (Å²) in [5, 5.41) is 4.07. The standard InChI is InChI=1S/C10H9BrN4O2/c1-17-10(16)8-4-6(2-3-13-8)15-5-7(11)9(12)14-15/h2-5H,1H3,(H2,12,14). The van der Waals surface area contributed by atoms with E-state index in [4.69, 9.17) is 5.73 Å². The summed E-state index contributed by atoms with van der Waals surface area (Å²) >= 11 is 3.26. The van der Waals surface area contributed by atoms with Gasteiger partial charge in [-0.3, -0.25) is 0 Å². The Balaban J connectivity index is 2.42. The van der Waals surface area contributed by atoms with Crippen LogP contribution < -0.4 is 5.73 Å². The van der Waals surface area contributed by atoms with E-state index in [2.05, 4.69) is 30.7 Å². The third-order valence-corrected chi connectivity index (χ3v) is 2.71. The molecule has 0 aliphatic heterocycles. The summed E-state index contributed by atoms with van der Waals surface area (Å²) in [5.74, 6) is -0.118. The molecule has 0 fully saturated rings. The highest BCUT2D eigenvalue weighted by Crippen LogP contribution is 2.19. The van der Waals surface area contributed by atoms with Gasteiger partial charge >= 0.3 is 5.97 Å². The average Bonchev–Trinajstić information content (AvgIpc) is 2.69. The van der Waals surface area contributed by atoms with E-state index in [1.165, 1.54) is 13.3 Å². The highest BCUT2D eigenvalue weighted by molar-refractivity contribution is 9.10. The number of methoxy groups -OCH3 is 1. The van der Waals surface area contributed by atoms with Gasteiger partial charge in [0.1, 0.15) is 5.69 Å².